The second-order valence-corrected chi connectivity index (χ2v) is 7.18. The van der Waals surface area contributed by atoms with E-state index >= 15 is 0 Å². The summed E-state index contributed by atoms with van der Waals surface area (Å²) in [7, 11) is 0. The van der Waals surface area contributed by atoms with Gasteiger partial charge >= 0.3 is 0 Å². The van der Waals surface area contributed by atoms with E-state index in [0.717, 1.165) is 42.9 Å². The van der Waals surface area contributed by atoms with E-state index in [1.807, 2.05) is 44.2 Å². The molecule has 1 aromatic carbocycles. The fourth-order valence-corrected chi connectivity index (χ4v) is 3.60. The van der Waals surface area contributed by atoms with Crippen molar-refractivity contribution < 1.29 is 9.90 Å². The third-order valence-corrected chi connectivity index (χ3v) is 5.03. The van der Waals surface area contributed by atoms with Crippen LogP contribution in [0.1, 0.15) is 41.0 Å². The van der Waals surface area contributed by atoms with Crippen molar-refractivity contribution >= 4 is 5.91 Å². The topological polar surface area (TPSA) is 78.4 Å². The van der Waals surface area contributed by atoms with Crippen molar-refractivity contribution in [3.8, 4) is 11.4 Å². The Labute approximate surface area is 160 Å². The molecule has 3 rings (SSSR count). The zero-order valence-electron chi connectivity index (χ0n) is 16.1. The molecule has 144 valence electrons. The number of carbonyl (C=O) groups excluding carboxylic acids is 1. The number of aromatic nitrogens is 2. The number of hydrogen-bond donors (Lipinski definition) is 2. The van der Waals surface area contributed by atoms with E-state index < -0.39 is 0 Å². The predicted molar refractivity (Wildman–Crippen MR) is 106 cm³/mol. The van der Waals surface area contributed by atoms with Gasteiger partial charge in [0, 0.05) is 41.6 Å². The van der Waals surface area contributed by atoms with Gasteiger partial charge in [-0.25, -0.2) is 9.97 Å². The highest BCUT2D eigenvalue weighted by Crippen LogP contribution is 2.17. The summed E-state index contributed by atoms with van der Waals surface area (Å²) in [5.74, 6) is 0.597. The number of nitrogens with one attached hydrogen (secondary N) is 1. The summed E-state index contributed by atoms with van der Waals surface area (Å²) in [6, 6.07) is 9.56. The maximum absolute atomic E-state index is 12.4. The summed E-state index contributed by atoms with van der Waals surface area (Å²) >= 11 is 0. The van der Waals surface area contributed by atoms with Gasteiger partial charge in [0.05, 0.1) is 6.61 Å². The summed E-state index contributed by atoms with van der Waals surface area (Å²) in [6.07, 6.45) is 3.36. The Kier molecular flexibility index (Phi) is 6.53. The molecule has 0 unspecified atom stereocenters. The van der Waals surface area contributed by atoms with E-state index in [4.69, 9.17) is 0 Å². The van der Waals surface area contributed by atoms with Gasteiger partial charge in [-0.05, 0) is 51.4 Å². The first-order valence-electron chi connectivity index (χ1n) is 9.62. The molecule has 0 bridgehead atoms. The molecular formula is C21H28N4O2. The monoisotopic (exact) mass is 368 g/mol. The number of piperidine rings is 1. The van der Waals surface area contributed by atoms with Crippen LogP contribution < -0.4 is 5.32 Å². The Hall–Kier alpha value is -2.31. The molecule has 6 nitrogen and oxygen atoms in total. The molecule has 27 heavy (non-hydrogen) atoms. The lowest BCUT2D eigenvalue weighted by Crippen LogP contribution is -2.45. The number of aryl methyl sites for hydroxylation is 2. The third-order valence-electron chi connectivity index (χ3n) is 5.03. The molecule has 2 aromatic rings. The van der Waals surface area contributed by atoms with Crippen LogP contribution >= 0.6 is 0 Å². The molecule has 1 fully saturated rings. The van der Waals surface area contributed by atoms with Crippen molar-refractivity contribution in [3.63, 3.8) is 0 Å². The fraction of sp³-hybridized carbons (Fsp3) is 0.476. The maximum atomic E-state index is 12.4. The lowest BCUT2D eigenvalue weighted by atomic mass is 10.0. The number of amides is 1. The Morgan fingerprint density at radius 2 is 1.89 bits per heavy atom. The van der Waals surface area contributed by atoms with Crippen LogP contribution in [-0.2, 0) is 0 Å². The summed E-state index contributed by atoms with van der Waals surface area (Å²) in [6.45, 7) is 6.43. The molecule has 2 N–H and O–H groups in total. The Bertz CT molecular complexity index is 756. The molecule has 0 radical (unpaired) electrons. The molecule has 0 spiro atoms. The minimum Gasteiger partial charge on any atom is -0.395 e. The summed E-state index contributed by atoms with van der Waals surface area (Å²) in [5.41, 5.74) is 3.38. The Balaban J connectivity index is 1.56. The van der Waals surface area contributed by atoms with Crippen LogP contribution in [0.4, 0.5) is 0 Å². The molecule has 1 amide bonds. The summed E-state index contributed by atoms with van der Waals surface area (Å²) < 4.78 is 0. The van der Waals surface area contributed by atoms with E-state index in [1.54, 1.807) is 0 Å². The molecule has 1 aliphatic rings. The summed E-state index contributed by atoms with van der Waals surface area (Å²) in [4.78, 5) is 23.6. The average molecular weight is 368 g/mol. The number of benzene rings is 1. The molecule has 1 saturated heterocycles. The molecule has 1 atom stereocenters. The van der Waals surface area contributed by atoms with Crippen LogP contribution in [0.25, 0.3) is 11.4 Å². The highest BCUT2D eigenvalue weighted by molar-refractivity contribution is 5.94. The lowest BCUT2D eigenvalue weighted by Gasteiger charge is -2.34. The molecule has 1 aromatic heterocycles. The van der Waals surface area contributed by atoms with Gasteiger partial charge in [0.2, 0.25) is 0 Å². The molecule has 0 saturated carbocycles. The SMILES string of the molecule is Cc1cc(C)nc(-c2ccc(C(=O)NCCN3CCCC[C@H]3CO)cc2)n1. The molecular weight excluding hydrogens is 340 g/mol. The zero-order valence-corrected chi connectivity index (χ0v) is 16.1. The van der Waals surface area contributed by atoms with Gasteiger partial charge in [-0.3, -0.25) is 9.69 Å². The number of carbonyl (C=O) groups is 1. The van der Waals surface area contributed by atoms with Crippen molar-refractivity contribution in [1.29, 1.82) is 0 Å². The summed E-state index contributed by atoms with van der Waals surface area (Å²) in [5, 5.41) is 12.4. The van der Waals surface area contributed by atoms with Crippen LogP contribution in [0.2, 0.25) is 0 Å². The molecule has 1 aliphatic heterocycles. The van der Waals surface area contributed by atoms with Gasteiger partial charge in [-0.15, -0.1) is 0 Å². The largest absolute Gasteiger partial charge is 0.395 e. The van der Waals surface area contributed by atoms with Crippen LogP contribution in [0.3, 0.4) is 0 Å². The fourth-order valence-electron chi connectivity index (χ4n) is 3.60. The molecule has 6 heteroatoms. The van der Waals surface area contributed by atoms with Crippen LogP contribution in [-0.4, -0.2) is 58.2 Å². The van der Waals surface area contributed by atoms with Gasteiger partial charge < -0.3 is 10.4 Å². The lowest BCUT2D eigenvalue weighted by molar-refractivity contribution is 0.0849. The Morgan fingerprint density at radius 3 is 2.56 bits per heavy atom. The van der Waals surface area contributed by atoms with Crippen LogP contribution in [0.5, 0.6) is 0 Å². The number of rotatable bonds is 6. The number of aliphatic hydroxyl groups is 1. The number of likely N-dealkylation sites (tertiary alicyclic amines) is 1. The van der Waals surface area contributed by atoms with Gasteiger partial charge in [0.1, 0.15) is 0 Å². The standard InChI is InChI=1S/C21H28N4O2/c1-15-13-16(2)24-20(23-15)17-6-8-18(9-7-17)21(27)22-10-12-25-11-4-3-5-19(25)14-26/h6-9,13,19,26H,3-5,10-12,14H2,1-2H3,(H,22,27)/t19-/m0/s1. The number of nitrogens with zero attached hydrogens (tertiary/aromatic N) is 3. The van der Waals surface area contributed by atoms with Crippen LogP contribution in [0, 0.1) is 13.8 Å². The average Bonchev–Trinajstić information content (AvgIpc) is 2.67. The smallest absolute Gasteiger partial charge is 0.251 e. The van der Waals surface area contributed by atoms with Crippen molar-refractivity contribution in [2.24, 2.45) is 0 Å². The quantitative estimate of drug-likeness (QED) is 0.818. The van der Waals surface area contributed by atoms with E-state index in [2.05, 4.69) is 20.2 Å². The first kappa shape index (κ1) is 19.5. The first-order valence-corrected chi connectivity index (χ1v) is 9.62. The van der Waals surface area contributed by atoms with Crippen molar-refractivity contribution in [2.75, 3.05) is 26.2 Å². The second-order valence-electron chi connectivity index (χ2n) is 7.18. The van der Waals surface area contributed by atoms with Gasteiger partial charge in [-0.2, -0.15) is 0 Å². The van der Waals surface area contributed by atoms with E-state index in [9.17, 15) is 9.90 Å². The molecule has 0 aliphatic carbocycles. The zero-order chi connectivity index (χ0) is 19.2. The van der Waals surface area contributed by atoms with Crippen molar-refractivity contribution in [3.05, 3.63) is 47.3 Å². The van der Waals surface area contributed by atoms with Gasteiger partial charge in [0.15, 0.2) is 5.82 Å². The first-order chi connectivity index (χ1) is 13.1. The van der Waals surface area contributed by atoms with Crippen molar-refractivity contribution in [1.82, 2.24) is 20.2 Å². The predicted octanol–water partition coefficient (Wildman–Crippen LogP) is 2.34. The highest BCUT2D eigenvalue weighted by Gasteiger charge is 2.21. The van der Waals surface area contributed by atoms with E-state index in [1.165, 1.54) is 6.42 Å². The second kappa shape index (κ2) is 9.06. The van der Waals surface area contributed by atoms with Crippen molar-refractivity contribution in [2.45, 2.75) is 39.2 Å². The van der Waals surface area contributed by atoms with Gasteiger partial charge in [0.25, 0.3) is 5.91 Å². The third kappa shape index (κ3) is 5.11. The normalized spacial score (nSPS) is 17.7. The number of aliphatic hydroxyl groups excluding tert-OH is 1. The minimum atomic E-state index is -0.0829. The maximum Gasteiger partial charge on any atom is 0.251 e. The minimum absolute atomic E-state index is 0.0829. The van der Waals surface area contributed by atoms with E-state index in [0.29, 0.717) is 17.9 Å². The number of hydrogen-bond acceptors (Lipinski definition) is 5. The Morgan fingerprint density at radius 1 is 1.19 bits per heavy atom. The van der Waals surface area contributed by atoms with Gasteiger partial charge in [-0.1, -0.05) is 18.6 Å². The van der Waals surface area contributed by atoms with E-state index in [-0.39, 0.29) is 18.6 Å². The van der Waals surface area contributed by atoms with Crippen LogP contribution in [0.15, 0.2) is 30.3 Å². The highest BCUT2D eigenvalue weighted by atomic mass is 16.3. The molecule has 2 heterocycles.